The molecule has 1 aromatic carbocycles. The highest BCUT2D eigenvalue weighted by atomic mass is 35.5. The summed E-state index contributed by atoms with van der Waals surface area (Å²) in [6.45, 7) is 0.285. The number of aromatic nitrogens is 2. The third-order valence-corrected chi connectivity index (χ3v) is 6.92. The average molecular weight is 430 g/mol. The Labute approximate surface area is 177 Å². The number of thiophene rings is 1. The van der Waals surface area contributed by atoms with Gasteiger partial charge in [0, 0.05) is 9.90 Å². The van der Waals surface area contributed by atoms with E-state index in [9.17, 15) is 4.79 Å². The van der Waals surface area contributed by atoms with Crippen molar-refractivity contribution in [2.75, 3.05) is 12.3 Å². The van der Waals surface area contributed by atoms with Gasteiger partial charge in [0.25, 0.3) is 0 Å². The molecule has 150 valence electrons. The Morgan fingerprint density at radius 3 is 3.07 bits per heavy atom. The highest BCUT2D eigenvalue weighted by Gasteiger charge is 2.28. The number of hydrogen-bond acceptors (Lipinski definition) is 7. The molecule has 0 spiro atoms. The van der Waals surface area contributed by atoms with Gasteiger partial charge in [-0.05, 0) is 61.4 Å². The summed E-state index contributed by atoms with van der Waals surface area (Å²) in [5.41, 5.74) is 8.44. The number of fused-ring (bicyclic) bond motifs is 4. The van der Waals surface area contributed by atoms with Gasteiger partial charge in [-0.25, -0.2) is 9.97 Å². The molecule has 0 fully saturated rings. The zero-order valence-corrected chi connectivity index (χ0v) is 17.3. The number of anilines is 1. The summed E-state index contributed by atoms with van der Waals surface area (Å²) >= 11 is 7.73. The monoisotopic (exact) mass is 429 g/mol. The minimum absolute atomic E-state index is 0.000439. The number of carbonyl (C=O) groups is 1. The van der Waals surface area contributed by atoms with Crippen LogP contribution in [0.3, 0.4) is 0 Å². The lowest BCUT2D eigenvalue weighted by atomic mass is 9.97. The van der Waals surface area contributed by atoms with Crippen molar-refractivity contribution in [3.8, 4) is 5.75 Å². The number of esters is 1. The van der Waals surface area contributed by atoms with E-state index in [1.54, 1.807) is 17.4 Å². The van der Waals surface area contributed by atoms with E-state index in [0.717, 1.165) is 34.4 Å². The van der Waals surface area contributed by atoms with Crippen molar-refractivity contribution in [1.82, 2.24) is 9.97 Å². The van der Waals surface area contributed by atoms with Gasteiger partial charge in [-0.15, -0.1) is 11.3 Å². The molecule has 1 aliphatic carbocycles. The van der Waals surface area contributed by atoms with Crippen molar-refractivity contribution >= 4 is 44.9 Å². The van der Waals surface area contributed by atoms with Crippen LogP contribution in [0.15, 0.2) is 18.2 Å². The Hall–Kier alpha value is -2.38. The lowest BCUT2D eigenvalue weighted by Crippen LogP contribution is -2.29. The number of rotatable bonds is 3. The first-order chi connectivity index (χ1) is 14.1. The van der Waals surface area contributed by atoms with Gasteiger partial charge < -0.3 is 15.2 Å². The van der Waals surface area contributed by atoms with Crippen LogP contribution < -0.4 is 10.5 Å². The van der Waals surface area contributed by atoms with E-state index < -0.39 is 0 Å². The van der Waals surface area contributed by atoms with Gasteiger partial charge in [0.2, 0.25) is 0 Å². The Morgan fingerprint density at radius 1 is 1.31 bits per heavy atom. The van der Waals surface area contributed by atoms with E-state index in [0.29, 0.717) is 23.1 Å². The molecule has 0 saturated heterocycles. The van der Waals surface area contributed by atoms with Crippen LogP contribution in [0, 0.1) is 5.92 Å². The minimum atomic E-state index is -0.379. The fourth-order valence-electron chi connectivity index (χ4n) is 4.06. The molecule has 0 radical (unpaired) electrons. The zero-order valence-electron chi connectivity index (χ0n) is 15.7. The van der Waals surface area contributed by atoms with Gasteiger partial charge in [-0.2, -0.15) is 0 Å². The Kier molecular flexibility index (Phi) is 4.80. The quantitative estimate of drug-likeness (QED) is 0.630. The van der Waals surface area contributed by atoms with Crippen molar-refractivity contribution in [2.24, 2.45) is 5.92 Å². The van der Waals surface area contributed by atoms with Gasteiger partial charge in [-0.3, -0.25) is 4.79 Å². The van der Waals surface area contributed by atoms with Crippen LogP contribution in [0.2, 0.25) is 5.02 Å². The number of nitrogens with zero attached hydrogens (tertiary/aromatic N) is 2. The predicted molar refractivity (Wildman–Crippen MR) is 112 cm³/mol. The smallest absolute Gasteiger partial charge is 0.313 e. The maximum Gasteiger partial charge on any atom is 0.313 e. The van der Waals surface area contributed by atoms with Crippen molar-refractivity contribution in [1.29, 1.82) is 0 Å². The van der Waals surface area contributed by atoms with E-state index in [1.165, 1.54) is 23.3 Å². The molecule has 0 bridgehead atoms. The molecule has 2 N–H and O–H groups in total. The van der Waals surface area contributed by atoms with Gasteiger partial charge in [-0.1, -0.05) is 11.6 Å². The lowest BCUT2D eigenvalue weighted by molar-refractivity contribution is -0.151. The Bertz CT molecular complexity index is 1110. The van der Waals surface area contributed by atoms with E-state index in [1.807, 2.05) is 12.1 Å². The van der Waals surface area contributed by atoms with Crippen molar-refractivity contribution in [3.63, 3.8) is 0 Å². The second-order valence-corrected chi connectivity index (χ2v) is 9.01. The second-order valence-electron chi connectivity index (χ2n) is 7.49. The highest BCUT2D eigenvalue weighted by Crippen LogP contribution is 2.37. The number of halogens is 1. The molecule has 2 aliphatic rings. The number of ether oxygens (including phenoxy) is 2. The van der Waals surface area contributed by atoms with Gasteiger partial charge in [0.1, 0.15) is 23.0 Å². The van der Waals surface area contributed by atoms with Gasteiger partial charge in [0.05, 0.1) is 11.3 Å². The molecule has 3 heterocycles. The molecule has 1 atom stereocenters. The standard InChI is InChI=1S/C21H20ClN3O3S/c22-13-5-6-15-11(8-13)7-12(9-27-15)21(26)28-10-17-24-19(23)18-14-3-1-2-4-16(14)29-20(18)25-17/h5-6,8,12H,1-4,7,9-10H2,(H2,23,24,25). The molecule has 29 heavy (non-hydrogen) atoms. The van der Waals surface area contributed by atoms with E-state index >= 15 is 0 Å². The number of nitrogen functional groups attached to an aromatic ring is 1. The molecule has 3 aromatic rings. The molecule has 5 rings (SSSR count). The van der Waals surface area contributed by atoms with Crippen molar-refractivity contribution < 1.29 is 14.3 Å². The molecule has 1 unspecified atom stereocenters. The highest BCUT2D eigenvalue weighted by molar-refractivity contribution is 7.19. The molecular weight excluding hydrogens is 410 g/mol. The fraction of sp³-hybridized carbons (Fsp3) is 0.381. The van der Waals surface area contributed by atoms with Crippen molar-refractivity contribution in [3.05, 3.63) is 45.1 Å². The van der Waals surface area contributed by atoms with Crippen LogP contribution in [0.5, 0.6) is 5.75 Å². The molecule has 0 amide bonds. The SMILES string of the molecule is Nc1nc(COC(=O)C2COc3ccc(Cl)cc3C2)nc2sc3c(c12)CCCC3. The summed E-state index contributed by atoms with van der Waals surface area (Å²) in [6.07, 6.45) is 5.02. The zero-order chi connectivity index (χ0) is 20.0. The summed E-state index contributed by atoms with van der Waals surface area (Å²) < 4.78 is 11.2. The molecular formula is C21H20ClN3O3S. The minimum Gasteiger partial charge on any atom is -0.492 e. The van der Waals surface area contributed by atoms with Crippen LogP contribution >= 0.6 is 22.9 Å². The first kappa shape index (κ1) is 18.6. The summed E-state index contributed by atoms with van der Waals surface area (Å²) in [4.78, 5) is 23.8. The second kappa shape index (κ2) is 7.46. The normalized spacial score (nSPS) is 18.0. The Morgan fingerprint density at radius 2 is 2.17 bits per heavy atom. The lowest BCUT2D eigenvalue weighted by Gasteiger charge is -2.24. The maximum atomic E-state index is 12.6. The summed E-state index contributed by atoms with van der Waals surface area (Å²) in [5.74, 6) is 0.966. The van der Waals surface area contributed by atoms with E-state index in [-0.39, 0.29) is 25.1 Å². The van der Waals surface area contributed by atoms with Gasteiger partial charge in [0.15, 0.2) is 12.4 Å². The third-order valence-electron chi connectivity index (χ3n) is 5.49. The topological polar surface area (TPSA) is 87.3 Å². The summed E-state index contributed by atoms with van der Waals surface area (Å²) in [5, 5.41) is 1.60. The predicted octanol–water partition coefficient (Wildman–Crippen LogP) is 4.10. The third kappa shape index (κ3) is 3.53. The average Bonchev–Trinajstić information content (AvgIpc) is 3.10. The Balaban J connectivity index is 1.30. The van der Waals surface area contributed by atoms with E-state index in [4.69, 9.17) is 26.8 Å². The first-order valence-corrected chi connectivity index (χ1v) is 10.9. The molecule has 0 saturated carbocycles. The molecule has 1 aliphatic heterocycles. The number of nitrogens with two attached hydrogens (primary N) is 1. The fourth-order valence-corrected chi connectivity index (χ4v) is 5.55. The van der Waals surface area contributed by atoms with Crippen molar-refractivity contribution in [2.45, 2.75) is 38.7 Å². The van der Waals surface area contributed by atoms with Gasteiger partial charge >= 0.3 is 5.97 Å². The van der Waals surface area contributed by atoms with Crippen LogP contribution in [-0.4, -0.2) is 22.5 Å². The summed E-state index contributed by atoms with van der Waals surface area (Å²) in [7, 11) is 0. The number of aryl methyl sites for hydroxylation is 2. The molecule has 2 aromatic heterocycles. The maximum absolute atomic E-state index is 12.6. The summed E-state index contributed by atoms with van der Waals surface area (Å²) in [6, 6.07) is 5.43. The van der Waals surface area contributed by atoms with Crippen LogP contribution in [0.1, 0.15) is 34.7 Å². The molecule has 8 heteroatoms. The number of hydrogen-bond donors (Lipinski definition) is 1. The molecule has 6 nitrogen and oxygen atoms in total. The van der Waals surface area contributed by atoms with E-state index in [2.05, 4.69) is 9.97 Å². The van der Waals surface area contributed by atoms with Crippen LogP contribution in [0.25, 0.3) is 10.2 Å². The number of benzene rings is 1. The largest absolute Gasteiger partial charge is 0.492 e. The first-order valence-electron chi connectivity index (χ1n) is 9.73. The number of carbonyl (C=O) groups excluding carboxylic acids is 1. The van der Waals surface area contributed by atoms with Crippen LogP contribution in [-0.2, 0) is 35.4 Å². The van der Waals surface area contributed by atoms with Crippen LogP contribution in [0.4, 0.5) is 5.82 Å².